The Morgan fingerprint density at radius 2 is 1.43 bits per heavy atom. The molecular weight excluding hydrogens is 725 g/mol. The number of nitrogens with two attached hydrogens (primary N) is 1. The van der Waals surface area contributed by atoms with Crippen molar-refractivity contribution < 1.29 is 66.7 Å². The number of rotatable bonds is 6. The van der Waals surface area contributed by atoms with E-state index in [-0.39, 0.29) is 11.3 Å². The maximum Gasteiger partial charge on any atom is 0.457 e. The minimum atomic E-state index is -7.29. The van der Waals surface area contributed by atoms with Gasteiger partial charge in [-0.1, -0.05) is 17.7 Å². The van der Waals surface area contributed by atoms with Crippen molar-refractivity contribution in [3.63, 3.8) is 0 Å². The van der Waals surface area contributed by atoms with Crippen LogP contribution in [0.5, 0.6) is 0 Å². The molecule has 0 bridgehead atoms. The minimum Gasteiger partial charge on any atom is -0.366 e. The highest BCUT2D eigenvalue weighted by Gasteiger charge is 2.82. The maximum atomic E-state index is 15.3. The fourth-order valence-electron chi connectivity index (χ4n) is 3.73. The topological polar surface area (TPSA) is 85.1 Å². The molecule has 0 aliphatic heterocycles. The number of amides is 2. The van der Waals surface area contributed by atoms with Gasteiger partial charge >= 0.3 is 30.1 Å². The predicted molar refractivity (Wildman–Crippen MR) is 130 cm³/mol. The van der Waals surface area contributed by atoms with E-state index in [2.05, 4.69) is 20.9 Å². The molecule has 20 heteroatoms. The lowest BCUT2D eigenvalue weighted by Gasteiger charge is -2.36. The zero-order chi connectivity index (χ0) is 33.8. The summed E-state index contributed by atoms with van der Waals surface area (Å²) in [5.41, 5.74) is -10.7. The van der Waals surface area contributed by atoms with Crippen molar-refractivity contribution in [3.8, 4) is 11.3 Å². The molecule has 0 spiro atoms. The second kappa shape index (κ2) is 11.4. The summed E-state index contributed by atoms with van der Waals surface area (Å²) in [4.78, 5) is 27.9. The summed E-state index contributed by atoms with van der Waals surface area (Å²) in [6.45, 7) is 0. The van der Waals surface area contributed by atoms with E-state index in [1.165, 1.54) is 5.32 Å². The van der Waals surface area contributed by atoms with E-state index in [1.54, 1.807) is 0 Å². The van der Waals surface area contributed by atoms with E-state index in [1.807, 2.05) is 0 Å². The molecule has 0 saturated carbocycles. The van der Waals surface area contributed by atoms with Crippen LogP contribution in [-0.4, -0.2) is 35.1 Å². The number of carbonyl (C=O) groups is 2. The largest absolute Gasteiger partial charge is 0.457 e. The van der Waals surface area contributed by atoms with E-state index < -0.39 is 97.5 Å². The number of hydrogen-bond donors (Lipinski definition) is 2. The third-order valence-corrected chi connectivity index (χ3v) is 6.76. The Labute approximate surface area is 249 Å². The molecule has 5 nitrogen and oxygen atoms in total. The Kier molecular flexibility index (Phi) is 9.03. The van der Waals surface area contributed by atoms with Crippen molar-refractivity contribution in [2.24, 2.45) is 5.73 Å². The van der Waals surface area contributed by atoms with Gasteiger partial charge in [0, 0.05) is 15.6 Å². The van der Waals surface area contributed by atoms with Crippen molar-refractivity contribution in [3.05, 3.63) is 80.2 Å². The van der Waals surface area contributed by atoms with Crippen LogP contribution in [0, 0.1) is 5.82 Å². The molecule has 3 aromatic rings. The summed E-state index contributed by atoms with van der Waals surface area (Å²) in [6.07, 6.45) is -20.3. The number of pyridine rings is 1. The summed E-state index contributed by atoms with van der Waals surface area (Å²) in [6, 6.07) is 3.31. The fourth-order valence-corrected chi connectivity index (χ4v) is 4.54. The number of primary amides is 1. The van der Waals surface area contributed by atoms with Crippen molar-refractivity contribution in [2.75, 3.05) is 5.32 Å². The summed E-state index contributed by atoms with van der Waals surface area (Å²) < 4.78 is 177. The summed E-state index contributed by atoms with van der Waals surface area (Å²) in [5, 5.41) is 0.978. The number of alkyl halides is 12. The molecule has 2 aromatic carbocycles. The number of benzene rings is 2. The predicted octanol–water partition coefficient (Wildman–Crippen LogP) is 8.60. The van der Waals surface area contributed by atoms with E-state index in [9.17, 15) is 62.3 Å². The van der Waals surface area contributed by atoms with Crippen LogP contribution in [0.15, 0.2) is 46.9 Å². The van der Waals surface area contributed by atoms with Gasteiger partial charge in [-0.15, -0.1) is 0 Å². The number of hydrogen-bond acceptors (Lipinski definition) is 3. The van der Waals surface area contributed by atoms with Gasteiger partial charge in [0.05, 0.1) is 28.1 Å². The summed E-state index contributed by atoms with van der Waals surface area (Å²) in [7, 11) is 0. The Bertz CT molecular complexity index is 1640. The molecule has 0 fully saturated rings. The smallest absolute Gasteiger partial charge is 0.366 e. The molecule has 1 heterocycles. The van der Waals surface area contributed by atoms with Crippen LogP contribution in [0.4, 0.5) is 62.8 Å². The molecule has 238 valence electrons. The lowest BCUT2D eigenvalue weighted by Crippen LogP contribution is -2.59. The third-order valence-electron chi connectivity index (χ3n) is 5.84. The first kappa shape index (κ1) is 34.9. The zero-order valence-electron chi connectivity index (χ0n) is 20.6. The van der Waals surface area contributed by atoms with Crippen LogP contribution >= 0.6 is 27.5 Å². The number of carbonyl (C=O) groups excluding carboxylic acids is 2. The summed E-state index contributed by atoms with van der Waals surface area (Å²) >= 11 is 8.04. The molecule has 0 aliphatic carbocycles. The first-order valence-corrected chi connectivity index (χ1v) is 12.2. The molecule has 3 rings (SSSR count). The monoisotopic (exact) mass is 733 g/mol. The molecular formula is C24H10BrClF13N3O2. The quantitative estimate of drug-likeness (QED) is 0.197. The average Bonchev–Trinajstić information content (AvgIpc) is 2.86. The van der Waals surface area contributed by atoms with E-state index in [4.69, 9.17) is 17.3 Å². The van der Waals surface area contributed by atoms with Gasteiger partial charge in [0.15, 0.2) is 0 Å². The highest BCUT2D eigenvalue weighted by atomic mass is 79.9. The lowest BCUT2D eigenvalue weighted by atomic mass is 9.86. The third kappa shape index (κ3) is 6.02. The molecule has 2 amide bonds. The Balaban J connectivity index is 2.17. The highest BCUT2D eigenvalue weighted by Crippen LogP contribution is 2.59. The molecule has 0 radical (unpaired) electrons. The first-order chi connectivity index (χ1) is 19.9. The molecule has 1 atom stereocenters. The lowest BCUT2D eigenvalue weighted by molar-refractivity contribution is -0.389. The van der Waals surface area contributed by atoms with Crippen molar-refractivity contribution in [2.45, 2.75) is 30.1 Å². The van der Waals surface area contributed by atoms with Crippen LogP contribution in [-0.2, 0) is 11.8 Å². The fraction of sp³-hybridized carbons (Fsp3) is 0.208. The van der Waals surface area contributed by atoms with Crippen molar-refractivity contribution in [1.82, 2.24) is 4.98 Å². The van der Waals surface area contributed by atoms with E-state index >= 15 is 4.39 Å². The van der Waals surface area contributed by atoms with Gasteiger partial charge in [-0.25, -0.2) is 13.8 Å². The van der Waals surface area contributed by atoms with Gasteiger partial charge in [-0.2, -0.15) is 48.3 Å². The Hall–Kier alpha value is -3.61. The van der Waals surface area contributed by atoms with Gasteiger partial charge in [0.25, 0.3) is 11.8 Å². The molecule has 44 heavy (non-hydrogen) atoms. The summed E-state index contributed by atoms with van der Waals surface area (Å²) in [5.74, 6) is -11.5. The number of halogens is 15. The standard InChI is InChI=1S/C24H10BrClF13N3O2/c25-13-7-8(20(28,23(34,35)36)22(32,33)24(37,38)39)6-12(21(29,30)31)16(13)42-19(44)10-3-1-2-9(15(10)27)14-5-4-11(18(40)43)17(26)41-14/h1-7H,(H2,40,43)(H,42,44). The number of nitrogens with zero attached hydrogens (tertiary/aromatic N) is 1. The minimum absolute atomic E-state index is 0.284. The van der Waals surface area contributed by atoms with Crippen molar-refractivity contribution in [1.29, 1.82) is 0 Å². The number of aromatic nitrogens is 1. The first-order valence-electron chi connectivity index (χ1n) is 11.0. The molecule has 3 N–H and O–H groups in total. The van der Waals surface area contributed by atoms with Gasteiger partial charge in [0.2, 0.25) is 0 Å². The number of nitrogens with one attached hydrogen (secondary N) is 1. The van der Waals surface area contributed by atoms with Crippen LogP contribution in [0.1, 0.15) is 31.8 Å². The van der Waals surface area contributed by atoms with Gasteiger partial charge in [-0.05, 0) is 52.3 Å². The average molecular weight is 735 g/mol. The molecule has 0 aliphatic rings. The van der Waals surface area contributed by atoms with Crippen LogP contribution in [0.3, 0.4) is 0 Å². The zero-order valence-corrected chi connectivity index (χ0v) is 22.9. The highest BCUT2D eigenvalue weighted by molar-refractivity contribution is 9.10. The molecule has 0 saturated heterocycles. The molecule has 1 unspecified atom stereocenters. The van der Waals surface area contributed by atoms with Crippen LogP contribution in [0.25, 0.3) is 11.3 Å². The van der Waals surface area contributed by atoms with Gasteiger partial charge < -0.3 is 11.1 Å². The normalized spacial score (nSPS) is 14.2. The number of anilines is 1. The second-order valence-electron chi connectivity index (χ2n) is 8.63. The maximum absolute atomic E-state index is 15.3. The van der Waals surface area contributed by atoms with E-state index in [0.29, 0.717) is 6.07 Å². The SMILES string of the molecule is NC(=O)c1ccc(-c2cccc(C(=O)Nc3c(Br)cc(C(F)(C(F)(F)F)C(F)(F)C(F)(F)F)cc3C(F)(F)F)c2F)nc1Cl. The Morgan fingerprint density at radius 3 is 1.91 bits per heavy atom. The van der Waals surface area contributed by atoms with Crippen LogP contribution in [0.2, 0.25) is 5.15 Å². The van der Waals surface area contributed by atoms with Crippen LogP contribution < -0.4 is 11.1 Å². The van der Waals surface area contributed by atoms with Crippen molar-refractivity contribution >= 4 is 45.0 Å². The van der Waals surface area contributed by atoms with Gasteiger partial charge in [0.1, 0.15) is 11.0 Å². The molecule has 1 aromatic heterocycles. The second-order valence-corrected chi connectivity index (χ2v) is 9.84. The van der Waals surface area contributed by atoms with E-state index in [0.717, 1.165) is 24.3 Å². The van der Waals surface area contributed by atoms with Gasteiger partial charge in [-0.3, -0.25) is 9.59 Å². The Morgan fingerprint density at radius 1 is 0.841 bits per heavy atom.